The minimum absolute atomic E-state index is 0.0239. The third-order valence-corrected chi connectivity index (χ3v) is 5.03. The van der Waals surface area contributed by atoms with Gasteiger partial charge < -0.3 is 4.90 Å². The van der Waals surface area contributed by atoms with Crippen LogP contribution in [0.25, 0.3) is 5.00 Å². The topological polar surface area (TPSA) is 38.1 Å². The molecule has 4 nitrogen and oxygen atoms in total. The maximum atomic E-state index is 13.0. The summed E-state index contributed by atoms with van der Waals surface area (Å²) >= 11 is 1.59. The number of benzene rings is 1. The zero-order valence-electron chi connectivity index (χ0n) is 14.1. The molecule has 0 unspecified atom stereocenters. The van der Waals surface area contributed by atoms with E-state index in [-0.39, 0.29) is 11.8 Å². The summed E-state index contributed by atoms with van der Waals surface area (Å²) in [4.78, 5) is 19.5. The first-order valence-electron chi connectivity index (χ1n) is 8.06. The fourth-order valence-electron chi connectivity index (χ4n) is 2.82. The second kappa shape index (κ2) is 7.01. The molecule has 0 aliphatic heterocycles. The van der Waals surface area contributed by atoms with E-state index in [1.807, 2.05) is 35.2 Å². The van der Waals surface area contributed by atoms with Crippen LogP contribution in [-0.2, 0) is 0 Å². The monoisotopic (exact) mass is 339 g/mol. The van der Waals surface area contributed by atoms with E-state index in [9.17, 15) is 4.79 Å². The predicted molar refractivity (Wildman–Crippen MR) is 99.4 cm³/mol. The minimum atomic E-state index is -0.279. The van der Waals surface area contributed by atoms with Gasteiger partial charge in [0.15, 0.2) is 5.82 Å². The van der Waals surface area contributed by atoms with Crippen LogP contribution < -0.4 is 4.90 Å². The van der Waals surface area contributed by atoms with Crippen molar-refractivity contribution in [2.24, 2.45) is 0 Å². The van der Waals surface area contributed by atoms with Gasteiger partial charge in [-0.2, -0.15) is 0 Å². The molecule has 1 aromatic carbocycles. The maximum absolute atomic E-state index is 13.0. The molecule has 124 valence electrons. The number of aryl methyl sites for hydroxylation is 1. The molecule has 0 aliphatic rings. The van der Waals surface area contributed by atoms with Crippen LogP contribution in [0.1, 0.15) is 30.0 Å². The van der Waals surface area contributed by atoms with Gasteiger partial charge in [0.25, 0.3) is 0 Å². The summed E-state index contributed by atoms with van der Waals surface area (Å²) in [6, 6.07) is 12.0. The summed E-state index contributed by atoms with van der Waals surface area (Å²) in [5.74, 6) is 0.506. The molecule has 2 aromatic heterocycles. The lowest BCUT2D eigenvalue weighted by molar-refractivity contribution is 0.0952. The number of hydrogen-bond acceptors (Lipinski definition) is 4. The third-order valence-electron chi connectivity index (χ3n) is 4.16. The van der Waals surface area contributed by atoms with Crippen LogP contribution in [0.2, 0.25) is 0 Å². The van der Waals surface area contributed by atoms with Gasteiger partial charge in [0.1, 0.15) is 5.00 Å². The van der Waals surface area contributed by atoms with E-state index >= 15 is 0 Å². The fourth-order valence-corrected chi connectivity index (χ4v) is 3.53. The van der Waals surface area contributed by atoms with E-state index < -0.39 is 0 Å². The number of likely N-dealkylation sites (N-methyl/N-ethyl adjacent to an activating group) is 1. The van der Waals surface area contributed by atoms with Crippen molar-refractivity contribution in [1.29, 1.82) is 0 Å². The Hall–Kier alpha value is -2.40. The van der Waals surface area contributed by atoms with Crippen LogP contribution >= 0.6 is 11.3 Å². The zero-order chi connectivity index (χ0) is 17.1. The highest BCUT2D eigenvalue weighted by Crippen LogP contribution is 2.22. The van der Waals surface area contributed by atoms with E-state index in [1.165, 1.54) is 5.56 Å². The predicted octanol–water partition coefficient (Wildman–Crippen LogP) is 4.34. The first-order chi connectivity index (χ1) is 11.6. The molecule has 0 N–H and O–H groups in total. The SMILES string of the molecule is CCN(c1ccc(C)cc1)[C@@H](C)C(=O)c1nccn1-c1cccs1. The van der Waals surface area contributed by atoms with Crippen LogP contribution in [0.4, 0.5) is 5.69 Å². The Morgan fingerprint density at radius 1 is 1.29 bits per heavy atom. The van der Waals surface area contributed by atoms with Gasteiger partial charge in [-0.05, 0) is 50.4 Å². The Morgan fingerprint density at radius 2 is 2.04 bits per heavy atom. The largest absolute Gasteiger partial charge is 0.362 e. The standard InChI is InChI=1S/C19H21N3OS/c1-4-21(16-9-7-14(2)8-10-16)15(3)18(23)19-20-11-12-22(19)17-6-5-13-24-17/h5-13,15H,4H2,1-3H3/t15-/m0/s1. The van der Waals surface area contributed by atoms with E-state index in [2.05, 4.69) is 48.0 Å². The fraction of sp³-hybridized carbons (Fsp3) is 0.263. The van der Waals surface area contributed by atoms with Crippen molar-refractivity contribution in [3.8, 4) is 5.00 Å². The first-order valence-corrected chi connectivity index (χ1v) is 8.94. The number of ketones is 1. The summed E-state index contributed by atoms with van der Waals surface area (Å²) in [6.45, 7) is 6.83. The lowest BCUT2D eigenvalue weighted by Crippen LogP contribution is -2.40. The van der Waals surface area contributed by atoms with Crippen LogP contribution in [0, 0.1) is 6.92 Å². The highest BCUT2D eigenvalue weighted by molar-refractivity contribution is 7.12. The van der Waals surface area contributed by atoms with E-state index in [0.717, 1.165) is 17.2 Å². The molecule has 24 heavy (non-hydrogen) atoms. The molecule has 2 heterocycles. The summed E-state index contributed by atoms with van der Waals surface area (Å²) in [5.41, 5.74) is 2.26. The second-order valence-electron chi connectivity index (χ2n) is 5.73. The van der Waals surface area contributed by atoms with Crippen LogP contribution in [-0.4, -0.2) is 27.9 Å². The Morgan fingerprint density at radius 3 is 2.67 bits per heavy atom. The second-order valence-corrected chi connectivity index (χ2v) is 6.66. The number of rotatable bonds is 6. The molecule has 0 saturated carbocycles. The summed E-state index contributed by atoms with van der Waals surface area (Å²) < 4.78 is 1.87. The van der Waals surface area contributed by atoms with Crippen molar-refractivity contribution in [2.45, 2.75) is 26.8 Å². The highest BCUT2D eigenvalue weighted by Gasteiger charge is 2.25. The van der Waals surface area contributed by atoms with Crippen molar-refractivity contribution in [3.05, 3.63) is 65.6 Å². The normalized spacial score (nSPS) is 12.1. The number of Topliss-reactive ketones (excluding diaryl/α,β-unsaturated/α-hetero) is 1. The molecule has 0 bridgehead atoms. The third kappa shape index (κ3) is 3.12. The molecule has 0 amide bonds. The van der Waals surface area contributed by atoms with Gasteiger partial charge in [-0.1, -0.05) is 17.7 Å². The van der Waals surface area contributed by atoms with E-state index in [4.69, 9.17) is 0 Å². The maximum Gasteiger partial charge on any atom is 0.220 e. The van der Waals surface area contributed by atoms with Crippen molar-refractivity contribution in [1.82, 2.24) is 9.55 Å². The number of aromatic nitrogens is 2. The highest BCUT2D eigenvalue weighted by atomic mass is 32.1. The van der Waals surface area contributed by atoms with Crippen LogP contribution in [0.15, 0.2) is 54.2 Å². The van der Waals surface area contributed by atoms with E-state index in [1.54, 1.807) is 17.5 Å². The summed E-state index contributed by atoms with van der Waals surface area (Å²) in [7, 11) is 0. The smallest absolute Gasteiger partial charge is 0.220 e. The Bertz CT molecular complexity index is 806. The molecule has 0 saturated heterocycles. The van der Waals surface area contributed by atoms with Crippen molar-refractivity contribution in [3.63, 3.8) is 0 Å². The number of imidazole rings is 1. The summed E-state index contributed by atoms with van der Waals surface area (Å²) in [6.07, 6.45) is 3.52. The molecular formula is C19H21N3OS. The number of thiophene rings is 1. The molecular weight excluding hydrogens is 318 g/mol. The van der Waals surface area contributed by atoms with Gasteiger partial charge in [-0.3, -0.25) is 9.36 Å². The zero-order valence-corrected chi connectivity index (χ0v) is 15.0. The van der Waals surface area contributed by atoms with Crippen molar-refractivity contribution >= 4 is 22.8 Å². The number of hydrogen-bond donors (Lipinski definition) is 0. The van der Waals surface area contributed by atoms with Gasteiger partial charge in [-0.15, -0.1) is 11.3 Å². The van der Waals surface area contributed by atoms with Crippen LogP contribution in [0.5, 0.6) is 0 Å². The number of carbonyl (C=O) groups is 1. The lowest BCUT2D eigenvalue weighted by atomic mass is 10.1. The molecule has 0 aliphatic carbocycles. The van der Waals surface area contributed by atoms with Crippen molar-refractivity contribution < 1.29 is 4.79 Å². The molecule has 1 atom stereocenters. The van der Waals surface area contributed by atoms with Gasteiger partial charge in [0.2, 0.25) is 5.78 Å². The molecule has 3 aromatic rings. The Kier molecular flexibility index (Phi) is 4.81. The Balaban J connectivity index is 1.89. The van der Waals surface area contributed by atoms with Gasteiger partial charge in [-0.25, -0.2) is 4.98 Å². The molecule has 3 rings (SSSR count). The quantitative estimate of drug-likeness (QED) is 0.627. The average molecular weight is 339 g/mol. The van der Waals surface area contributed by atoms with E-state index in [0.29, 0.717) is 5.82 Å². The number of carbonyl (C=O) groups excluding carboxylic acids is 1. The molecule has 5 heteroatoms. The van der Waals surface area contributed by atoms with Crippen molar-refractivity contribution in [2.75, 3.05) is 11.4 Å². The minimum Gasteiger partial charge on any atom is -0.362 e. The lowest BCUT2D eigenvalue weighted by Gasteiger charge is -2.29. The first kappa shape index (κ1) is 16.5. The van der Waals surface area contributed by atoms with Gasteiger partial charge in [0, 0.05) is 24.6 Å². The average Bonchev–Trinajstić information content (AvgIpc) is 3.27. The van der Waals surface area contributed by atoms with Gasteiger partial charge >= 0.3 is 0 Å². The summed E-state index contributed by atoms with van der Waals surface area (Å²) in [5, 5.41) is 3.00. The molecule has 0 fully saturated rings. The number of anilines is 1. The Labute approximate surface area is 146 Å². The number of nitrogens with zero attached hydrogens (tertiary/aromatic N) is 3. The molecule has 0 spiro atoms. The molecule has 0 radical (unpaired) electrons. The van der Waals surface area contributed by atoms with Gasteiger partial charge in [0.05, 0.1) is 6.04 Å². The van der Waals surface area contributed by atoms with Crippen LogP contribution in [0.3, 0.4) is 0 Å².